The van der Waals surface area contributed by atoms with Crippen LogP contribution in [0.15, 0.2) is 0 Å². The molecular weight excluding hydrogens is 186 g/mol. The first-order valence-corrected chi connectivity index (χ1v) is 6.29. The molecule has 13 heavy (non-hydrogen) atoms. The average molecular weight is 207 g/mol. The molecule has 3 nitrogen and oxygen atoms in total. The quantitative estimate of drug-likeness (QED) is 0.700. The van der Waals surface area contributed by atoms with E-state index in [1.54, 1.807) is 20.8 Å². The Labute approximate surface area is 82.0 Å². The second kappa shape index (κ2) is 4.96. The lowest BCUT2D eigenvalue weighted by atomic mass is 10.3. The van der Waals surface area contributed by atoms with Gasteiger partial charge in [-0.25, -0.2) is 13.1 Å². The molecule has 4 heteroatoms. The van der Waals surface area contributed by atoms with Crippen LogP contribution in [-0.4, -0.2) is 19.7 Å². The summed E-state index contributed by atoms with van der Waals surface area (Å²) in [4.78, 5) is 0. The molecule has 0 aliphatic rings. The highest BCUT2D eigenvalue weighted by atomic mass is 32.2. The third-order valence-corrected chi connectivity index (χ3v) is 4.08. The largest absolute Gasteiger partial charge is 0.216 e. The zero-order valence-corrected chi connectivity index (χ0v) is 9.87. The molecular formula is C9H21NO2S. The summed E-state index contributed by atoms with van der Waals surface area (Å²) in [5, 5.41) is 0. The summed E-state index contributed by atoms with van der Waals surface area (Å²) in [5.74, 6) is 0. The van der Waals surface area contributed by atoms with Crippen molar-refractivity contribution < 1.29 is 8.42 Å². The van der Waals surface area contributed by atoms with Gasteiger partial charge in [-0.05, 0) is 27.2 Å². The normalized spacial score (nSPS) is 13.2. The van der Waals surface area contributed by atoms with Crippen LogP contribution in [0, 0.1) is 0 Å². The number of sulfonamides is 1. The summed E-state index contributed by atoms with van der Waals surface area (Å²) < 4.78 is 24.9. The highest BCUT2D eigenvalue weighted by molar-refractivity contribution is 7.90. The van der Waals surface area contributed by atoms with Gasteiger partial charge in [0.15, 0.2) is 0 Å². The fourth-order valence-corrected chi connectivity index (χ4v) is 1.64. The molecule has 0 aliphatic carbocycles. The first-order valence-electron chi connectivity index (χ1n) is 4.80. The summed E-state index contributed by atoms with van der Waals surface area (Å²) >= 11 is 0. The first-order chi connectivity index (χ1) is 5.81. The molecule has 0 saturated carbocycles. The summed E-state index contributed by atoms with van der Waals surface area (Å²) in [6, 6.07) is 0. The van der Waals surface area contributed by atoms with Gasteiger partial charge < -0.3 is 0 Å². The maximum Gasteiger partial charge on any atom is 0.216 e. The highest BCUT2D eigenvalue weighted by Gasteiger charge is 2.27. The SMILES string of the molecule is CCCCCNS(=O)(=O)C(C)(C)C. The molecule has 0 aromatic heterocycles. The highest BCUT2D eigenvalue weighted by Crippen LogP contribution is 2.12. The van der Waals surface area contributed by atoms with Gasteiger partial charge in [-0.3, -0.25) is 0 Å². The van der Waals surface area contributed by atoms with Crippen molar-refractivity contribution in [3.05, 3.63) is 0 Å². The molecule has 0 amide bonds. The summed E-state index contributed by atoms with van der Waals surface area (Å²) in [7, 11) is -3.13. The molecule has 80 valence electrons. The van der Waals surface area contributed by atoms with Crippen molar-refractivity contribution in [1.29, 1.82) is 0 Å². The van der Waals surface area contributed by atoms with Gasteiger partial charge in [-0.1, -0.05) is 19.8 Å². The van der Waals surface area contributed by atoms with E-state index < -0.39 is 14.8 Å². The van der Waals surface area contributed by atoms with Crippen LogP contribution in [-0.2, 0) is 10.0 Å². The van der Waals surface area contributed by atoms with Crippen molar-refractivity contribution in [2.75, 3.05) is 6.54 Å². The minimum absolute atomic E-state index is 0.563. The van der Waals surface area contributed by atoms with E-state index in [-0.39, 0.29) is 0 Å². The molecule has 0 aromatic rings. The standard InChI is InChI=1S/C9H21NO2S/c1-5-6-7-8-10-13(11,12)9(2,3)4/h10H,5-8H2,1-4H3. The van der Waals surface area contributed by atoms with Crippen LogP contribution in [0.1, 0.15) is 47.0 Å². The molecule has 0 fully saturated rings. The molecule has 0 unspecified atom stereocenters. The minimum Gasteiger partial charge on any atom is -0.215 e. The zero-order chi connectivity index (χ0) is 10.5. The van der Waals surface area contributed by atoms with Gasteiger partial charge in [0.1, 0.15) is 0 Å². The van der Waals surface area contributed by atoms with Gasteiger partial charge in [0.2, 0.25) is 10.0 Å². The summed E-state index contributed by atoms with van der Waals surface area (Å²) in [6.07, 6.45) is 3.11. The van der Waals surface area contributed by atoms with Gasteiger partial charge in [-0.2, -0.15) is 0 Å². The number of unbranched alkanes of at least 4 members (excludes halogenated alkanes) is 2. The molecule has 0 rings (SSSR count). The molecule has 0 bridgehead atoms. The topological polar surface area (TPSA) is 46.2 Å². The molecule has 0 spiro atoms. The van der Waals surface area contributed by atoms with Crippen LogP contribution in [0.3, 0.4) is 0 Å². The van der Waals surface area contributed by atoms with Gasteiger partial charge >= 0.3 is 0 Å². The molecule has 0 radical (unpaired) electrons. The third kappa shape index (κ3) is 4.62. The van der Waals surface area contributed by atoms with Gasteiger partial charge in [0.05, 0.1) is 4.75 Å². The number of hydrogen-bond donors (Lipinski definition) is 1. The molecule has 1 N–H and O–H groups in total. The van der Waals surface area contributed by atoms with E-state index in [0.29, 0.717) is 6.54 Å². The Morgan fingerprint density at radius 1 is 1.15 bits per heavy atom. The molecule has 0 aromatic carbocycles. The van der Waals surface area contributed by atoms with E-state index >= 15 is 0 Å². The van der Waals surface area contributed by atoms with Crippen molar-refractivity contribution >= 4 is 10.0 Å². The van der Waals surface area contributed by atoms with Crippen molar-refractivity contribution in [2.45, 2.75) is 51.7 Å². The van der Waals surface area contributed by atoms with Crippen molar-refractivity contribution in [3.63, 3.8) is 0 Å². The fourth-order valence-electron chi connectivity index (χ4n) is 0.798. The van der Waals surface area contributed by atoms with Crippen LogP contribution in [0.2, 0.25) is 0 Å². The van der Waals surface area contributed by atoms with Gasteiger partial charge in [0, 0.05) is 6.54 Å². The van der Waals surface area contributed by atoms with Crippen molar-refractivity contribution in [1.82, 2.24) is 4.72 Å². The number of hydrogen-bond acceptors (Lipinski definition) is 2. The third-order valence-electron chi connectivity index (χ3n) is 1.88. The Morgan fingerprint density at radius 2 is 1.69 bits per heavy atom. The molecule has 0 atom stereocenters. The first kappa shape index (κ1) is 12.9. The lowest BCUT2D eigenvalue weighted by Crippen LogP contribution is -2.39. The predicted molar refractivity (Wildman–Crippen MR) is 56.2 cm³/mol. The minimum atomic E-state index is -3.13. The van der Waals surface area contributed by atoms with E-state index in [1.807, 2.05) is 0 Å². The van der Waals surface area contributed by atoms with E-state index in [0.717, 1.165) is 19.3 Å². The van der Waals surface area contributed by atoms with Gasteiger partial charge in [0.25, 0.3) is 0 Å². The fraction of sp³-hybridized carbons (Fsp3) is 1.00. The van der Waals surface area contributed by atoms with Crippen LogP contribution < -0.4 is 4.72 Å². The Morgan fingerprint density at radius 3 is 2.08 bits per heavy atom. The zero-order valence-electron chi connectivity index (χ0n) is 9.05. The Kier molecular flexibility index (Phi) is 4.92. The Hall–Kier alpha value is -0.0900. The monoisotopic (exact) mass is 207 g/mol. The van der Waals surface area contributed by atoms with Crippen LogP contribution >= 0.6 is 0 Å². The maximum absolute atomic E-state index is 11.5. The summed E-state index contributed by atoms with van der Waals surface area (Å²) in [5.41, 5.74) is 0. The van der Waals surface area contributed by atoms with Crippen LogP contribution in [0.4, 0.5) is 0 Å². The Bertz CT molecular complexity index is 226. The predicted octanol–water partition coefficient (Wildman–Crippen LogP) is 1.89. The smallest absolute Gasteiger partial charge is 0.215 e. The summed E-state index contributed by atoms with van der Waals surface area (Å²) in [6.45, 7) is 7.77. The Balaban J connectivity index is 3.92. The lowest BCUT2D eigenvalue weighted by Gasteiger charge is -2.19. The average Bonchev–Trinajstić information content (AvgIpc) is 1.96. The van der Waals surface area contributed by atoms with E-state index in [2.05, 4.69) is 11.6 Å². The maximum atomic E-state index is 11.5. The molecule has 0 heterocycles. The van der Waals surface area contributed by atoms with E-state index in [9.17, 15) is 8.42 Å². The van der Waals surface area contributed by atoms with Crippen LogP contribution in [0.25, 0.3) is 0 Å². The van der Waals surface area contributed by atoms with Crippen LogP contribution in [0.5, 0.6) is 0 Å². The number of nitrogens with one attached hydrogen (secondary N) is 1. The van der Waals surface area contributed by atoms with Crippen molar-refractivity contribution in [3.8, 4) is 0 Å². The lowest BCUT2D eigenvalue weighted by molar-refractivity contribution is 0.541. The number of rotatable bonds is 5. The van der Waals surface area contributed by atoms with E-state index in [4.69, 9.17) is 0 Å². The second-order valence-corrected chi connectivity index (χ2v) is 6.74. The van der Waals surface area contributed by atoms with Gasteiger partial charge in [-0.15, -0.1) is 0 Å². The van der Waals surface area contributed by atoms with E-state index in [1.165, 1.54) is 0 Å². The van der Waals surface area contributed by atoms with Crippen molar-refractivity contribution in [2.24, 2.45) is 0 Å². The second-order valence-electron chi connectivity index (χ2n) is 4.22. The molecule has 0 saturated heterocycles. The molecule has 0 aliphatic heterocycles.